The topological polar surface area (TPSA) is 43.1 Å². The van der Waals surface area contributed by atoms with Crippen LogP contribution < -0.4 is 5.73 Å². The van der Waals surface area contributed by atoms with Gasteiger partial charge in [-0.1, -0.05) is 42.5 Å². The summed E-state index contributed by atoms with van der Waals surface area (Å²) in [5, 5.41) is 0. The van der Waals surface area contributed by atoms with Gasteiger partial charge in [-0.2, -0.15) is 0 Å². The van der Waals surface area contributed by atoms with Crippen LogP contribution >= 0.6 is 0 Å². The predicted octanol–water partition coefficient (Wildman–Crippen LogP) is 1.85. The number of rotatable bonds is 2. The molecule has 3 heteroatoms. The van der Waals surface area contributed by atoms with Gasteiger partial charge in [0.05, 0.1) is 0 Å². The minimum absolute atomic E-state index is 0. The summed E-state index contributed by atoms with van der Waals surface area (Å²) >= 11 is 0. The second-order valence-electron chi connectivity index (χ2n) is 3.28. The maximum atomic E-state index is 12.0. The van der Waals surface area contributed by atoms with Crippen molar-refractivity contribution in [1.29, 1.82) is 0 Å². The zero-order valence-corrected chi connectivity index (χ0v) is 8.18. The molecule has 0 unspecified atom stereocenters. The van der Waals surface area contributed by atoms with E-state index in [1.54, 1.807) is 24.3 Å². The molecule has 0 aromatic heterocycles. The second-order valence-corrected chi connectivity index (χ2v) is 3.28. The average Bonchev–Trinajstić information content (AvgIpc) is 2.30. The summed E-state index contributed by atoms with van der Waals surface area (Å²) in [5.41, 5.74) is 7.48. The first kappa shape index (κ1) is 13.0. The standard InChI is InChI=1S/C13H11NO.Na.H/c14-12-9-5-4-8-11(12)13(15)10-6-2-1-3-7-10;;/h1-9H,14H2;;. The Balaban J connectivity index is 0.00000128. The summed E-state index contributed by atoms with van der Waals surface area (Å²) in [6.45, 7) is 0. The van der Waals surface area contributed by atoms with Crippen LogP contribution in [0.1, 0.15) is 15.9 Å². The van der Waals surface area contributed by atoms with Gasteiger partial charge in [-0.25, -0.2) is 0 Å². The van der Waals surface area contributed by atoms with Crippen molar-refractivity contribution in [2.24, 2.45) is 0 Å². The number of carbonyl (C=O) groups excluding carboxylic acids is 1. The normalized spacial score (nSPS) is 9.25. The molecule has 0 aliphatic carbocycles. The monoisotopic (exact) mass is 221 g/mol. The van der Waals surface area contributed by atoms with Gasteiger partial charge in [-0.15, -0.1) is 0 Å². The number of para-hydroxylation sites is 1. The van der Waals surface area contributed by atoms with E-state index in [2.05, 4.69) is 0 Å². The minimum atomic E-state index is -0.0336. The molecule has 0 radical (unpaired) electrons. The van der Waals surface area contributed by atoms with Crippen molar-refractivity contribution < 1.29 is 4.79 Å². The Morgan fingerprint density at radius 3 is 2.06 bits per heavy atom. The molecule has 76 valence electrons. The molecule has 0 fully saturated rings. The van der Waals surface area contributed by atoms with Crippen LogP contribution in [-0.2, 0) is 0 Å². The first-order valence-electron chi connectivity index (χ1n) is 4.73. The quantitative estimate of drug-likeness (QED) is 0.478. The molecule has 2 N–H and O–H groups in total. The summed E-state index contributed by atoms with van der Waals surface area (Å²) in [5.74, 6) is -0.0336. The van der Waals surface area contributed by atoms with E-state index in [0.717, 1.165) is 0 Å². The molecule has 0 bridgehead atoms. The molecule has 16 heavy (non-hydrogen) atoms. The zero-order valence-electron chi connectivity index (χ0n) is 8.18. The van der Waals surface area contributed by atoms with Gasteiger partial charge in [0.1, 0.15) is 0 Å². The van der Waals surface area contributed by atoms with Crippen molar-refractivity contribution in [3.8, 4) is 0 Å². The van der Waals surface area contributed by atoms with E-state index in [-0.39, 0.29) is 35.3 Å². The number of hydrogen-bond donors (Lipinski definition) is 1. The first-order chi connectivity index (χ1) is 7.29. The van der Waals surface area contributed by atoms with Gasteiger partial charge in [0.2, 0.25) is 0 Å². The molecule has 0 aliphatic rings. The van der Waals surface area contributed by atoms with Gasteiger partial charge in [-0.3, -0.25) is 4.79 Å². The van der Waals surface area contributed by atoms with Gasteiger partial charge in [-0.05, 0) is 12.1 Å². The second kappa shape index (κ2) is 5.85. The molecule has 0 spiro atoms. The average molecular weight is 221 g/mol. The third-order valence-electron chi connectivity index (χ3n) is 2.24. The molecule has 0 aliphatic heterocycles. The molecule has 2 rings (SSSR count). The fourth-order valence-electron chi connectivity index (χ4n) is 1.45. The van der Waals surface area contributed by atoms with Crippen molar-refractivity contribution in [2.75, 3.05) is 5.73 Å². The van der Waals surface area contributed by atoms with Crippen LogP contribution in [0.4, 0.5) is 5.69 Å². The van der Waals surface area contributed by atoms with Crippen LogP contribution in [0.5, 0.6) is 0 Å². The summed E-state index contributed by atoms with van der Waals surface area (Å²) < 4.78 is 0. The van der Waals surface area contributed by atoms with Crippen LogP contribution in [-0.4, -0.2) is 35.3 Å². The molecule has 2 aromatic rings. The van der Waals surface area contributed by atoms with Crippen LogP contribution in [0.2, 0.25) is 0 Å². The van der Waals surface area contributed by atoms with E-state index < -0.39 is 0 Å². The molecule has 0 atom stereocenters. The molecular weight excluding hydrogens is 209 g/mol. The van der Waals surface area contributed by atoms with Crippen LogP contribution in [0.3, 0.4) is 0 Å². The molecule has 0 saturated heterocycles. The number of nitrogens with two attached hydrogens (primary N) is 1. The summed E-state index contributed by atoms with van der Waals surface area (Å²) in [7, 11) is 0. The number of hydrogen-bond acceptors (Lipinski definition) is 2. The van der Waals surface area contributed by atoms with E-state index >= 15 is 0 Å². The van der Waals surface area contributed by atoms with E-state index in [9.17, 15) is 4.79 Å². The Bertz CT molecular complexity index is 482. The van der Waals surface area contributed by atoms with Gasteiger partial charge < -0.3 is 5.73 Å². The van der Waals surface area contributed by atoms with Crippen molar-refractivity contribution in [1.82, 2.24) is 0 Å². The number of carbonyl (C=O) groups is 1. The number of ketones is 1. The first-order valence-corrected chi connectivity index (χ1v) is 4.73. The third kappa shape index (κ3) is 2.73. The number of nitrogen functional groups attached to an aromatic ring is 1. The van der Waals surface area contributed by atoms with Crippen LogP contribution in [0, 0.1) is 0 Å². The van der Waals surface area contributed by atoms with Crippen molar-refractivity contribution in [3.63, 3.8) is 0 Å². The van der Waals surface area contributed by atoms with Gasteiger partial charge in [0, 0.05) is 16.8 Å². The molecular formula is C13H12NNaO. The van der Waals surface area contributed by atoms with Gasteiger partial charge >= 0.3 is 29.6 Å². The van der Waals surface area contributed by atoms with Gasteiger partial charge in [0.25, 0.3) is 0 Å². The van der Waals surface area contributed by atoms with E-state index in [1.165, 1.54) is 0 Å². The van der Waals surface area contributed by atoms with Crippen LogP contribution in [0.15, 0.2) is 54.6 Å². The molecule has 0 saturated carbocycles. The van der Waals surface area contributed by atoms with E-state index in [4.69, 9.17) is 5.73 Å². The Labute approximate surface area is 117 Å². The van der Waals surface area contributed by atoms with E-state index in [1.807, 2.05) is 30.3 Å². The van der Waals surface area contributed by atoms with Gasteiger partial charge in [0.15, 0.2) is 5.78 Å². The Hall–Kier alpha value is -1.09. The van der Waals surface area contributed by atoms with Crippen molar-refractivity contribution in [2.45, 2.75) is 0 Å². The maximum absolute atomic E-state index is 12.0. The number of anilines is 1. The summed E-state index contributed by atoms with van der Waals surface area (Å²) in [6.07, 6.45) is 0. The molecule has 2 nitrogen and oxygen atoms in total. The Morgan fingerprint density at radius 2 is 1.44 bits per heavy atom. The van der Waals surface area contributed by atoms with Crippen molar-refractivity contribution >= 4 is 41.0 Å². The molecule has 0 amide bonds. The summed E-state index contributed by atoms with van der Waals surface area (Å²) in [6, 6.07) is 16.2. The predicted molar refractivity (Wildman–Crippen MR) is 67.9 cm³/mol. The number of benzene rings is 2. The molecule has 0 heterocycles. The third-order valence-corrected chi connectivity index (χ3v) is 2.24. The fourth-order valence-corrected chi connectivity index (χ4v) is 1.45. The Morgan fingerprint density at radius 1 is 0.875 bits per heavy atom. The SMILES string of the molecule is Nc1ccccc1C(=O)c1ccccc1.[NaH]. The fraction of sp³-hybridized carbons (Fsp3) is 0. The van der Waals surface area contributed by atoms with Crippen molar-refractivity contribution in [3.05, 3.63) is 65.7 Å². The zero-order chi connectivity index (χ0) is 10.7. The Kier molecular flexibility index (Phi) is 4.74. The van der Waals surface area contributed by atoms with Crippen LogP contribution in [0.25, 0.3) is 0 Å². The van der Waals surface area contributed by atoms with E-state index in [0.29, 0.717) is 16.8 Å². The summed E-state index contributed by atoms with van der Waals surface area (Å²) in [4.78, 5) is 12.0. The molecule has 2 aromatic carbocycles.